The van der Waals surface area contributed by atoms with E-state index < -0.39 is 0 Å². The summed E-state index contributed by atoms with van der Waals surface area (Å²) in [5.41, 5.74) is 9.77. The predicted molar refractivity (Wildman–Crippen MR) is 68.9 cm³/mol. The van der Waals surface area contributed by atoms with Gasteiger partial charge in [0.15, 0.2) is 0 Å². The molecule has 0 amide bonds. The SMILES string of the molecule is CCC(N)c1ccc(OC(C)C)c(C)c1C. The number of hydrogen-bond donors (Lipinski definition) is 1. The minimum absolute atomic E-state index is 0.131. The van der Waals surface area contributed by atoms with E-state index in [2.05, 4.69) is 26.8 Å². The molecule has 2 heteroatoms. The maximum atomic E-state index is 6.07. The molecule has 90 valence electrons. The highest BCUT2D eigenvalue weighted by Crippen LogP contribution is 2.28. The quantitative estimate of drug-likeness (QED) is 0.844. The average molecular weight is 221 g/mol. The van der Waals surface area contributed by atoms with Crippen molar-refractivity contribution in [1.29, 1.82) is 0 Å². The lowest BCUT2D eigenvalue weighted by Crippen LogP contribution is -2.12. The minimum atomic E-state index is 0.131. The molecule has 1 aromatic carbocycles. The summed E-state index contributed by atoms with van der Waals surface area (Å²) >= 11 is 0. The molecule has 0 saturated heterocycles. The predicted octanol–water partition coefficient (Wildman–Crippen LogP) is 3.50. The van der Waals surface area contributed by atoms with E-state index in [4.69, 9.17) is 10.5 Å². The first-order chi connectivity index (χ1) is 7.47. The Balaban J connectivity index is 3.08. The standard InChI is InChI=1S/C14H23NO/c1-6-13(15)12-7-8-14(16-9(2)3)11(5)10(12)4/h7-9,13H,6,15H2,1-5H3. The number of rotatable bonds is 4. The largest absolute Gasteiger partial charge is 0.491 e. The first-order valence-corrected chi connectivity index (χ1v) is 5.99. The molecule has 2 N–H and O–H groups in total. The van der Waals surface area contributed by atoms with Gasteiger partial charge in [-0.1, -0.05) is 13.0 Å². The van der Waals surface area contributed by atoms with Gasteiger partial charge in [-0.05, 0) is 56.9 Å². The zero-order valence-electron chi connectivity index (χ0n) is 11.0. The highest BCUT2D eigenvalue weighted by molar-refractivity contribution is 5.44. The lowest BCUT2D eigenvalue weighted by Gasteiger charge is -2.19. The molecular weight excluding hydrogens is 198 g/mol. The van der Waals surface area contributed by atoms with Gasteiger partial charge in [-0.2, -0.15) is 0 Å². The molecule has 1 aromatic rings. The second kappa shape index (κ2) is 5.35. The van der Waals surface area contributed by atoms with E-state index >= 15 is 0 Å². The van der Waals surface area contributed by atoms with E-state index in [1.54, 1.807) is 0 Å². The van der Waals surface area contributed by atoms with Gasteiger partial charge in [-0.15, -0.1) is 0 Å². The van der Waals surface area contributed by atoms with Crippen molar-refractivity contribution in [2.45, 2.75) is 53.2 Å². The molecule has 0 aromatic heterocycles. The van der Waals surface area contributed by atoms with Crippen LogP contribution in [0.4, 0.5) is 0 Å². The van der Waals surface area contributed by atoms with Crippen LogP contribution in [0.5, 0.6) is 5.75 Å². The fourth-order valence-electron chi connectivity index (χ4n) is 1.82. The molecule has 0 spiro atoms. The van der Waals surface area contributed by atoms with Crippen molar-refractivity contribution in [3.63, 3.8) is 0 Å². The van der Waals surface area contributed by atoms with E-state index in [9.17, 15) is 0 Å². The van der Waals surface area contributed by atoms with Crippen LogP contribution in [0.15, 0.2) is 12.1 Å². The number of hydrogen-bond acceptors (Lipinski definition) is 2. The number of nitrogens with two attached hydrogens (primary N) is 1. The third-order valence-electron chi connectivity index (χ3n) is 2.98. The van der Waals surface area contributed by atoms with Crippen molar-refractivity contribution in [2.24, 2.45) is 5.73 Å². The highest BCUT2D eigenvalue weighted by Gasteiger charge is 2.12. The Hall–Kier alpha value is -1.02. The van der Waals surface area contributed by atoms with Crippen molar-refractivity contribution >= 4 is 0 Å². The van der Waals surface area contributed by atoms with Gasteiger partial charge in [0, 0.05) is 6.04 Å². The van der Waals surface area contributed by atoms with Crippen molar-refractivity contribution in [3.05, 3.63) is 28.8 Å². The normalized spacial score (nSPS) is 12.9. The Kier molecular flexibility index (Phi) is 4.36. The summed E-state index contributed by atoms with van der Waals surface area (Å²) in [6.07, 6.45) is 1.17. The topological polar surface area (TPSA) is 35.2 Å². The van der Waals surface area contributed by atoms with Crippen LogP contribution in [0.3, 0.4) is 0 Å². The summed E-state index contributed by atoms with van der Waals surface area (Å²) in [4.78, 5) is 0. The van der Waals surface area contributed by atoms with E-state index in [1.165, 1.54) is 16.7 Å². The van der Waals surface area contributed by atoms with Crippen LogP contribution >= 0.6 is 0 Å². The second-order valence-electron chi connectivity index (χ2n) is 4.58. The first kappa shape index (κ1) is 13.0. The third kappa shape index (κ3) is 2.76. The van der Waals surface area contributed by atoms with Gasteiger partial charge in [0.25, 0.3) is 0 Å². The summed E-state index contributed by atoms with van der Waals surface area (Å²) in [6.45, 7) is 10.4. The summed E-state index contributed by atoms with van der Waals surface area (Å²) in [7, 11) is 0. The van der Waals surface area contributed by atoms with Gasteiger partial charge in [0.2, 0.25) is 0 Å². The molecular formula is C14H23NO. The molecule has 1 unspecified atom stereocenters. The fourth-order valence-corrected chi connectivity index (χ4v) is 1.82. The molecule has 0 aliphatic heterocycles. The number of ether oxygens (including phenoxy) is 1. The van der Waals surface area contributed by atoms with Gasteiger partial charge in [0.05, 0.1) is 6.10 Å². The van der Waals surface area contributed by atoms with E-state index in [-0.39, 0.29) is 12.1 Å². The molecule has 0 radical (unpaired) electrons. The van der Waals surface area contributed by atoms with Gasteiger partial charge in [0.1, 0.15) is 5.75 Å². The molecule has 2 nitrogen and oxygen atoms in total. The first-order valence-electron chi connectivity index (χ1n) is 5.99. The summed E-state index contributed by atoms with van der Waals surface area (Å²) < 4.78 is 5.75. The van der Waals surface area contributed by atoms with Crippen molar-refractivity contribution in [1.82, 2.24) is 0 Å². The van der Waals surface area contributed by atoms with Crippen LogP contribution in [0.25, 0.3) is 0 Å². The summed E-state index contributed by atoms with van der Waals surface area (Å²) in [6, 6.07) is 4.26. The third-order valence-corrected chi connectivity index (χ3v) is 2.98. The smallest absolute Gasteiger partial charge is 0.122 e. The zero-order chi connectivity index (χ0) is 12.3. The minimum Gasteiger partial charge on any atom is -0.491 e. The van der Waals surface area contributed by atoms with Crippen LogP contribution < -0.4 is 10.5 Å². The van der Waals surface area contributed by atoms with Crippen molar-refractivity contribution < 1.29 is 4.74 Å². The molecule has 0 heterocycles. The molecule has 0 fully saturated rings. The van der Waals surface area contributed by atoms with Crippen molar-refractivity contribution in [3.8, 4) is 5.75 Å². The molecule has 1 atom stereocenters. The van der Waals surface area contributed by atoms with Gasteiger partial charge in [-0.25, -0.2) is 0 Å². The Morgan fingerprint density at radius 2 is 1.81 bits per heavy atom. The monoisotopic (exact) mass is 221 g/mol. The zero-order valence-corrected chi connectivity index (χ0v) is 11.0. The Bertz CT molecular complexity index is 358. The Morgan fingerprint density at radius 3 is 2.31 bits per heavy atom. The van der Waals surface area contributed by atoms with Gasteiger partial charge < -0.3 is 10.5 Å². The molecule has 1 rings (SSSR count). The number of benzene rings is 1. The second-order valence-corrected chi connectivity index (χ2v) is 4.58. The summed E-state index contributed by atoms with van der Waals surface area (Å²) in [5.74, 6) is 0.972. The van der Waals surface area contributed by atoms with Crippen molar-refractivity contribution in [2.75, 3.05) is 0 Å². The van der Waals surface area contributed by atoms with Gasteiger partial charge >= 0.3 is 0 Å². The van der Waals surface area contributed by atoms with Crippen LogP contribution in [0.1, 0.15) is 49.9 Å². The Labute approximate surface area is 98.8 Å². The maximum absolute atomic E-state index is 6.07. The highest BCUT2D eigenvalue weighted by atomic mass is 16.5. The van der Waals surface area contributed by atoms with Crippen LogP contribution in [0.2, 0.25) is 0 Å². The van der Waals surface area contributed by atoms with E-state index in [1.807, 2.05) is 19.9 Å². The lowest BCUT2D eigenvalue weighted by molar-refractivity contribution is 0.240. The molecule has 0 aliphatic rings. The van der Waals surface area contributed by atoms with Crippen LogP contribution in [-0.2, 0) is 0 Å². The maximum Gasteiger partial charge on any atom is 0.122 e. The molecule has 0 bridgehead atoms. The van der Waals surface area contributed by atoms with E-state index in [0.717, 1.165) is 12.2 Å². The Morgan fingerprint density at radius 1 is 1.19 bits per heavy atom. The molecule has 16 heavy (non-hydrogen) atoms. The summed E-state index contributed by atoms with van der Waals surface area (Å²) in [5, 5.41) is 0. The van der Waals surface area contributed by atoms with Crippen LogP contribution in [-0.4, -0.2) is 6.10 Å². The molecule has 0 aliphatic carbocycles. The van der Waals surface area contributed by atoms with Crippen LogP contribution in [0, 0.1) is 13.8 Å². The van der Waals surface area contributed by atoms with E-state index in [0.29, 0.717) is 0 Å². The fraction of sp³-hybridized carbons (Fsp3) is 0.571. The average Bonchev–Trinajstić information content (AvgIpc) is 2.23. The molecule has 0 saturated carbocycles. The van der Waals surface area contributed by atoms with Gasteiger partial charge in [-0.3, -0.25) is 0 Å². The lowest BCUT2D eigenvalue weighted by atomic mass is 9.96.